The number of nitrogens with zero attached hydrogens (tertiary/aromatic N) is 2. The van der Waals surface area contributed by atoms with Crippen LogP contribution in [0.25, 0.3) is 10.2 Å². The largest absolute Gasteiger partial charge is 0.397 e. The maximum absolute atomic E-state index is 11.6. The highest BCUT2D eigenvalue weighted by molar-refractivity contribution is 7.21. The topological polar surface area (TPSA) is 79.5 Å². The highest BCUT2D eigenvalue weighted by atomic mass is 32.1. The summed E-state index contributed by atoms with van der Waals surface area (Å²) in [6, 6.07) is 1.94. The van der Waals surface area contributed by atoms with Crippen molar-refractivity contribution in [1.29, 1.82) is 0 Å². The van der Waals surface area contributed by atoms with Crippen LogP contribution in [-0.2, 0) is 0 Å². The predicted molar refractivity (Wildman–Crippen MR) is 81.5 cm³/mol. The first-order valence-corrected chi connectivity index (χ1v) is 7.50. The first-order valence-electron chi connectivity index (χ1n) is 6.69. The minimum absolute atomic E-state index is 0.0227. The Morgan fingerprint density at radius 2 is 2.20 bits per heavy atom. The molecular weight excluding hydrogens is 274 g/mol. The van der Waals surface area contributed by atoms with Crippen molar-refractivity contribution in [2.75, 3.05) is 23.7 Å². The van der Waals surface area contributed by atoms with Crippen molar-refractivity contribution in [3.63, 3.8) is 0 Å². The number of nitrogens with two attached hydrogens (primary N) is 1. The van der Waals surface area contributed by atoms with Crippen molar-refractivity contribution in [3.8, 4) is 0 Å². The number of aliphatic hydroxyl groups excluding tert-OH is 1. The molecular formula is C14H17N3O2S. The molecule has 0 atom stereocenters. The van der Waals surface area contributed by atoms with Gasteiger partial charge in [0.25, 0.3) is 0 Å². The van der Waals surface area contributed by atoms with Gasteiger partial charge in [-0.05, 0) is 18.9 Å². The van der Waals surface area contributed by atoms with Gasteiger partial charge in [0.05, 0.1) is 27.7 Å². The Kier molecular flexibility index (Phi) is 3.35. The molecule has 5 nitrogen and oxygen atoms in total. The van der Waals surface area contributed by atoms with Gasteiger partial charge in [-0.15, -0.1) is 11.3 Å². The lowest BCUT2D eigenvalue weighted by molar-refractivity contribution is 0.102. The standard InChI is InChI=1S/C14H17N3O2S/c1-8(18)13-12(15)11-10(2-5-16-14(11)20-13)17-6-3-9(19)4-7-17/h2,5,9,19H,3-4,6-7,15H2,1H3. The summed E-state index contributed by atoms with van der Waals surface area (Å²) in [6.07, 6.45) is 3.06. The van der Waals surface area contributed by atoms with E-state index in [4.69, 9.17) is 5.73 Å². The van der Waals surface area contributed by atoms with Crippen molar-refractivity contribution >= 4 is 38.7 Å². The Hall–Kier alpha value is -1.66. The monoisotopic (exact) mass is 291 g/mol. The van der Waals surface area contributed by atoms with E-state index in [1.54, 1.807) is 6.20 Å². The van der Waals surface area contributed by atoms with Crippen LogP contribution in [-0.4, -0.2) is 35.1 Å². The fourth-order valence-corrected chi connectivity index (χ4v) is 3.64. The summed E-state index contributed by atoms with van der Waals surface area (Å²) in [6.45, 7) is 3.12. The summed E-state index contributed by atoms with van der Waals surface area (Å²) < 4.78 is 0. The molecule has 0 radical (unpaired) electrons. The Bertz CT molecular complexity index is 660. The van der Waals surface area contributed by atoms with Crippen LogP contribution < -0.4 is 10.6 Å². The van der Waals surface area contributed by atoms with E-state index in [1.165, 1.54) is 18.3 Å². The number of aromatic nitrogens is 1. The van der Waals surface area contributed by atoms with Crippen LogP contribution in [0.15, 0.2) is 12.3 Å². The van der Waals surface area contributed by atoms with Gasteiger partial charge in [-0.2, -0.15) is 0 Å². The number of nitrogen functional groups attached to an aromatic ring is 1. The Morgan fingerprint density at radius 1 is 1.50 bits per heavy atom. The van der Waals surface area contributed by atoms with Crippen molar-refractivity contribution in [2.45, 2.75) is 25.9 Å². The molecule has 1 aliphatic rings. The van der Waals surface area contributed by atoms with E-state index in [2.05, 4.69) is 9.88 Å². The average molecular weight is 291 g/mol. The number of pyridine rings is 1. The molecule has 0 unspecified atom stereocenters. The molecule has 3 heterocycles. The van der Waals surface area contributed by atoms with E-state index in [0.717, 1.165) is 41.8 Å². The zero-order chi connectivity index (χ0) is 14.3. The number of ketones is 1. The fraction of sp³-hybridized carbons (Fsp3) is 0.429. The molecule has 0 bridgehead atoms. The third-order valence-electron chi connectivity index (χ3n) is 3.73. The van der Waals surface area contributed by atoms with Gasteiger partial charge < -0.3 is 15.7 Å². The normalized spacial score (nSPS) is 16.8. The lowest BCUT2D eigenvalue weighted by Crippen LogP contribution is -2.35. The maximum Gasteiger partial charge on any atom is 0.171 e. The van der Waals surface area contributed by atoms with Crippen LogP contribution in [0.2, 0.25) is 0 Å². The van der Waals surface area contributed by atoms with Crippen LogP contribution >= 0.6 is 11.3 Å². The number of piperidine rings is 1. The number of anilines is 2. The molecule has 1 saturated heterocycles. The van der Waals surface area contributed by atoms with Gasteiger partial charge >= 0.3 is 0 Å². The number of hydrogen-bond acceptors (Lipinski definition) is 6. The summed E-state index contributed by atoms with van der Waals surface area (Å²) in [7, 11) is 0. The van der Waals surface area contributed by atoms with Gasteiger partial charge in [-0.25, -0.2) is 4.98 Å². The van der Waals surface area contributed by atoms with Gasteiger partial charge in [0, 0.05) is 26.2 Å². The second kappa shape index (κ2) is 5.03. The second-order valence-electron chi connectivity index (χ2n) is 5.13. The summed E-state index contributed by atoms with van der Waals surface area (Å²) in [5.41, 5.74) is 7.70. The molecule has 1 aliphatic heterocycles. The van der Waals surface area contributed by atoms with E-state index in [-0.39, 0.29) is 11.9 Å². The van der Waals surface area contributed by atoms with Gasteiger partial charge in [0.15, 0.2) is 5.78 Å². The molecule has 106 valence electrons. The molecule has 0 spiro atoms. The SMILES string of the molecule is CC(=O)c1sc2nccc(N3CCC(O)CC3)c2c1N. The molecule has 1 fully saturated rings. The number of carbonyl (C=O) groups excluding carboxylic acids is 1. The summed E-state index contributed by atoms with van der Waals surface area (Å²) >= 11 is 1.35. The zero-order valence-corrected chi connectivity index (χ0v) is 12.1. The zero-order valence-electron chi connectivity index (χ0n) is 11.3. The molecule has 0 aliphatic carbocycles. The number of aliphatic hydroxyl groups is 1. The van der Waals surface area contributed by atoms with E-state index < -0.39 is 0 Å². The quantitative estimate of drug-likeness (QED) is 0.828. The number of rotatable bonds is 2. The second-order valence-corrected chi connectivity index (χ2v) is 6.13. The lowest BCUT2D eigenvalue weighted by atomic mass is 10.1. The van der Waals surface area contributed by atoms with Crippen molar-refractivity contribution in [2.24, 2.45) is 0 Å². The molecule has 20 heavy (non-hydrogen) atoms. The van der Waals surface area contributed by atoms with Crippen LogP contribution in [0, 0.1) is 0 Å². The number of hydrogen-bond donors (Lipinski definition) is 2. The van der Waals surface area contributed by atoms with Crippen LogP contribution in [0.3, 0.4) is 0 Å². The minimum Gasteiger partial charge on any atom is -0.397 e. The first-order chi connectivity index (χ1) is 9.58. The lowest BCUT2D eigenvalue weighted by Gasteiger charge is -2.31. The van der Waals surface area contributed by atoms with Gasteiger partial charge in [-0.1, -0.05) is 0 Å². The molecule has 0 aromatic carbocycles. The summed E-state index contributed by atoms with van der Waals surface area (Å²) in [5, 5.41) is 10.5. The van der Waals surface area contributed by atoms with E-state index >= 15 is 0 Å². The minimum atomic E-state index is -0.212. The highest BCUT2D eigenvalue weighted by Crippen LogP contribution is 2.39. The van der Waals surface area contributed by atoms with E-state index in [0.29, 0.717) is 10.6 Å². The Morgan fingerprint density at radius 3 is 2.85 bits per heavy atom. The predicted octanol–water partition coefficient (Wildman–Crippen LogP) is 2.04. The summed E-state index contributed by atoms with van der Waals surface area (Å²) in [5.74, 6) is -0.0227. The molecule has 2 aromatic rings. The molecule has 2 aromatic heterocycles. The fourth-order valence-electron chi connectivity index (χ4n) is 2.66. The van der Waals surface area contributed by atoms with Crippen molar-refractivity contribution in [1.82, 2.24) is 4.98 Å². The maximum atomic E-state index is 11.6. The molecule has 0 saturated carbocycles. The highest BCUT2D eigenvalue weighted by Gasteiger charge is 2.22. The van der Waals surface area contributed by atoms with Crippen molar-refractivity contribution < 1.29 is 9.90 Å². The smallest absolute Gasteiger partial charge is 0.171 e. The third-order valence-corrected chi connectivity index (χ3v) is 4.95. The van der Waals surface area contributed by atoms with E-state index in [1.807, 2.05) is 6.07 Å². The van der Waals surface area contributed by atoms with Crippen LogP contribution in [0.1, 0.15) is 29.4 Å². The third kappa shape index (κ3) is 2.14. The van der Waals surface area contributed by atoms with Crippen molar-refractivity contribution in [3.05, 3.63) is 17.1 Å². The summed E-state index contributed by atoms with van der Waals surface area (Å²) in [4.78, 5) is 19.5. The van der Waals surface area contributed by atoms with Gasteiger partial charge in [0.2, 0.25) is 0 Å². The molecule has 0 amide bonds. The van der Waals surface area contributed by atoms with Gasteiger partial charge in [-0.3, -0.25) is 4.79 Å². The van der Waals surface area contributed by atoms with Gasteiger partial charge in [0.1, 0.15) is 4.83 Å². The Labute approximate surface area is 121 Å². The molecule has 3 rings (SSSR count). The number of thiophene rings is 1. The van der Waals surface area contributed by atoms with E-state index in [9.17, 15) is 9.90 Å². The average Bonchev–Trinajstić information content (AvgIpc) is 2.77. The van der Waals surface area contributed by atoms with Crippen LogP contribution in [0.4, 0.5) is 11.4 Å². The first kappa shape index (κ1) is 13.3. The number of carbonyl (C=O) groups is 1. The molecule has 3 N–H and O–H groups in total. The molecule has 6 heteroatoms. The Balaban J connectivity index is 2.09. The van der Waals surface area contributed by atoms with Crippen LogP contribution in [0.5, 0.6) is 0 Å². The number of fused-ring (bicyclic) bond motifs is 1. The number of Topliss-reactive ketones (excluding diaryl/α,β-unsaturated/α-hetero) is 1.